The Balaban J connectivity index is 3.13. The van der Waals surface area contributed by atoms with Gasteiger partial charge in [-0.3, -0.25) is 0 Å². The van der Waals surface area contributed by atoms with Crippen molar-refractivity contribution >= 4 is 38.8 Å². The number of nitrogens with one attached hydrogen (secondary N) is 1. The SMILES string of the molecule is CCCC(C)NS(=O)(=O)c1cc(C(N)=S)ccc1Cl. The van der Waals surface area contributed by atoms with Crippen molar-refractivity contribution in [3.8, 4) is 0 Å². The molecule has 0 radical (unpaired) electrons. The van der Waals surface area contributed by atoms with Crippen molar-refractivity contribution in [2.24, 2.45) is 5.73 Å². The zero-order chi connectivity index (χ0) is 14.6. The van der Waals surface area contributed by atoms with E-state index in [1.165, 1.54) is 12.1 Å². The Kier molecular flexibility index (Phi) is 5.73. The highest BCUT2D eigenvalue weighted by Gasteiger charge is 2.21. The van der Waals surface area contributed by atoms with Crippen LogP contribution in [0.2, 0.25) is 5.02 Å². The van der Waals surface area contributed by atoms with Crippen LogP contribution < -0.4 is 10.5 Å². The van der Waals surface area contributed by atoms with E-state index in [4.69, 9.17) is 29.6 Å². The van der Waals surface area contributed by atoms with Crippen LogP contribution in [0.5, 0.6) is 0 Å². The van der Waals surface area contributed by atoms with Crippen LogP contribution in [0, 0.1) is 0 Å². The monoisotopic (exact) mass is 320 g/mol. The summed E-state index contributed by atoms with van der Waals surface area (Å²) < 4.78 is 27.1. The molecule has 0 saturated carbocycles. The summed E-state index contributed by atoms with van der Waals surface area (Å²) in [5.41, 5.74) is 5.97. The topological polar surface area (TPSA) is 72.2 Å². The summed E-state index contributed by atoms with van der Waals surface area (Å²) in [5, 5.41) is 0.149. The van der Waals surface area contributed by atoms with E-state index < -0.39 is 10.0 Å². The number of thiocarbonyl (C=S) groups is 1. The Hall–Kier alpha value is -0.690. The molecular formula is C12H17ClN2O2S2. The standard InChI is InChI=1S/C12H17ClN2O2S2/c1-3-4-8(2)15-19(16,17)11-7-9(12(14)18)5-6-10(11)13/h5-8,15H,3-4H2,1-2H3,(H2,14,18). The zero-order valence-corrected chi connectivity index (χ0v) is 13.2. The number of nitrogens with two attached hydrogens (primary N) is 1. The van der Waals surface area contributed by atoms with Crippen LogP contribution in [0.3, 0.4) is 0 Å². The average molecular weight is 321 g/mol. The number of benzene rings is 1. The number of hydrogen-bond donors (Lipinski definition) is 2. The maximum Gasteiger partial charge on any atom is 0.242 e. The average Bonchev–Trinajstić information content (AvgIpc) is 2.28. The summed E-state index contributed by atoms with van der Waals surface area (Å²) in [6, 6.07) is 4.32. The molecule has 0 bridgehead atoms. The summed E-state index contributed by atoms with van der Waals surface area (Å²) in [6.07, 6.45) is 1.65. The molecule has 3 N–H and O–H groups in total. The van der Waals surface area contributed by atoms with Crippen LogP contribution in [0.15, 0.2) is 23.1 Å². The normalized spacial score (nSPS) is 13.2. The summed E-state index contributed by atoms with van der Waals surface area (Å²) in [4.78, 5) is 0.136. The Morgan fingerprint density at radius 1 is 1.53 bits per heavy atom. The molecule has 1 aromatic carbocycles. The Bertz CT molecular complexity index is 573. The molecule has 1 rings (SSSR count). The maximum atomic E-state index is 12.2. The van der Waals surface area contributed by atoms with Crippen LogP contribution in [-0.4, -0.2) is 19.4 Å². The number of halogens is 1. The lowest BCUT2D eigenvalue weighted by Gasteiger charge is -2.14. The Morgan fingerprint density at radius 3 is 2.68 bits per heavy atom. The van der Waals surface area contributed by atoms with Gasteiger partial charge in [-0.1, -0.05) is 43.2 Å². The van der Waals surface area contributed by atoms with Crippen LogP contribution in [0.1, 0.15) is 32.3 Å². The highest BCUT2D eigenvalue weighted by molar-refractivity contribution is 7.89. The predicted molar refractivity (Wildman–Crippen MR) is 82.0 cm³/mol. The quantitative estimate of drug-likeness (QED) is 0.790. The van der Waals surface area contributed by atoms with Crippen LogP contribution in [0.25, 0.3) is 0 Å². The van der Waals surface area contributed by atoms with E-state index in [1.807, 2.05) is 13.8 Å². The number of sulfonamides is 1. The molecule has 0 aromatic heterocycles. The second-order valence-corrected chi connectivity index (χ2v) is 6.85. The molecule has 1 aromatic rings. The smallest absolute Gasteiger partial charge is 0.242 e. The summed E-state index contributed by atoms with van der Waals surface area (Å²) in [7, 11) is -3.67. The third kappa shape index (κ3) is 4.42. The van der Waals surface area contributed by atoms with E-state index >= 15 is 0 Å². The van der Waals surface area contributed by atoms with E-state index in [0.717, 1.165) is 12.8 Å². The molecule has 4 nitrogen and oxygen atoms in total. The zero-order valence-electron chi connectivity index (χ0n) is 10.8. The van der Waals surface area contributed by atoms with Gasteiger partial charge in [0.1, 0.15) is 9.88 Å². The van der Waals surface area contributed by atoms with Crippen molar-refractivity contribution in [3.05, 3.63) is 28.8 Å². The van der Waals surface area contributed by atoms with Gasteiger partial charge < -0.3 is 5.73 Å². The molecule has 0 amide bonds. The molecule has 0 spiro atoms. The Labute approximate surface area is 124 Å². The summed E-state index contributed by atoms with van der Waals surface area (Å²) in [5.74, 6) is 0. The first kappa shape index (κ1) is 16.4. The van der Waals surface area contributed by atoms with E-state index in [9.17, 15) is 8.42 Å². The van der Waals surface area contributed by atoms with E-state index in [0.29, 0.717) is 5.56 Å². The van der Waals surface area contributed by atoms with Crippen LogP contribution in [0.4, 0.5) is 0 Å². The predicted octanol–water partition coefficient (Wildman–Crippen LogP) is 2.44. The highest BCUT2D eigenvalue weighted by Crippen LogP contribution is 2.23. The Morgan fingerprint density at radius 2 is 2.16 bits per heavy atom. The third-order valence-electron chi connectivity index (χ3n) is 2.58. The second-order valence-electron chi connectivity index (χ2n) is 4.32. The minimum atomic E-state index is -3.67. The fraction of sp³-hybridized carbons (Fsp3) is 0.417. The van der Waals surface area contributed by atoms with Gasteiger partial charge in [-0.2, -0.15) is 0 Å². The van der Waals surface area contributed by atoms with Gasteiger partial charge in [-0.15, -0.1) is 0 Å². The van der Waals surface area contributed by atoms with Crippen LogP contribution >= 0.6 is 23.8 Å². The molecule has 0 fully saturated rings. The molecule has 1 atom stereocenters. The van der Waals surface area contributed by atoms with Gasteiger partial charge >= 0.3 is 0 Å². The summed E-state index contributed by atoms with van der Waals surface area (Å²) in [6.45, 7) is 3.80. The fourth-order valence-corrected chi connectivity index (χ4v) is 3.61. The van der Waals surface area contributed by atoms with Crippen molar-refractivity contribution in [1.29, 1.82) is 0 Å². The molecule has 106 valence electrons. The third-order valence-corrected chi connectivity index (χ3v) is 4.89. The van der Waals surface area contributed by atoms with E-state index in [2.05, 4.69) is 4.72 Å². The largest absolute Gasteiger partial charge is 0.389 e. The minimum Gasteiger partial charge on any atom is -0.389 e. The van der Waals surface area contributed by atoms with Gasteiger partial charge in [0, 0.05) is 11.6 Å². The maximum absolute atomic E-state index is 12.2. The first-order valence-corrected chi connectivity index (χ1v) is 8.16. The first-order valence-electron chi connectivity index (χ1n) is 5.89. The molecular weight excluding hydrogens is 304 g/mol. The molecule has 0 aliphatic heterocycles. The van der Waals surface area contributed by atoms with Gasteiger partial charge in [-0.25, -0.2) is 13.1 Å². The molecule has 0 aliphatic rings. The second kappa shape index (κ2) is 6.65. The van der Waals surface area contributed by atoms with Gasteiger partial charge in [0.15, 0.2) is 0 Å². The number of hydrogen-bond acceptors (Lipinski definition) is 3. The molecule has 0 heterocycles. The molecule has 19 heavy (non-hydrogen) atoms. The van der Waals surface area contributed by atoms with Gasteiger partial charge in [0.2, 0.25) is 10.0 Å². The first-order chi connectivity index (χ1) is 8.77. The summed E-state index contributed by atoms with van der Waals surface area (Å²) >= 11 is 10.8. The molecule has 0 aliphatic carbocycles. The van der Waals surface area contributed by atoms with E-state index in [1.54, 1.807) is 6.07 Å². The molecule has 1 unspecified atom stereocenters. The fourth-order valence-electron chi connectivity index (χ4n) is 1.68. The lowest BCUT2D eigenvalue weighted by molar-refractivity contribution is 0.544. The van der Waals surface area contributed by atoms with Gasteiger partial charge in [-0.05, 0) is 25.5 Å². The molecule has 7 heteroatoms. The van der Waals surface area contributed by atoms with Crippen molar-refractivity contribution in [2.45, 2.75) is 37.6 Å². The lowest BCUT2D eigenvalue weighted by atomic mass is 10.2. The van der Waals surface area contributed by atoms with Crippen molar-refractivity contribution in [3.63, 3.8) is 0 Å². The lowest BCUT2D eigenvalue weighted by Crippen LogP contribution is -2.32. The van der Waals surface area contributed by atoms with Crippen LogP contribution in [-0.2, 0) is 10.0 Å². The minimum absolute atomic E-state index is 0.00224. The van der Waals surface area contributed by atoms with Gasteiger partial charge in [0.05, 0.1) is 5.02 Å². The van der Waals surface area contributed by atoms with E-state index in [-0.39, 0.29) is 20.9 Å². The highest BCUT2D eigenvalue weighted by atomic mass is 35.5. The number of rotatable bonds is 6. The van der Waals surface area contributed by atoms with Crippen molar-refractivity contribution in [2.75, 3.05) is 0 Å². The van der Waals surface area contributed by atoms with Gasteiger partial charge in [0.25, 0.3) is 0 Å². The van der Waals surface area contributed by atoms with Crippen molar-refractivity contribution in [1.82, 2.24) is 4.72 Å². The van der Waals surface area contributed by atoms with Crippen molar-refractivity contribution < 1.29 is 8.42 Å². The molecule has 0 saturated heterocycles.